The Balaban J connectivity index is 2.77. The average Bonchev–Trinajstić information content (AvgIpc) is 2.37. The van der Waals surface area contributed by atoms with E-state index in [1.807, 2.05) is 31.0 Å². The highest BCUT2D eigenvalue weighted by Crippen LogP contribution is 2.20. The van der Waals surface area contributed by atoms with Crippen molar-refractivity contribution in [3.05, 3.63) is 18.3 Å². The standard InChI is InChI=1S/C11H18N4O2/c1-8(6-10(12)14-16)15(2)9-4-5-13-11(7-9)17-3/h4-5,7-8,16H,6H2,1-3H3,(H2,12,14). The fourth-order valence-corrected chi connectivity index (χ4v) is 1.46. The first kappa shape index (κ1) is 13.1. The van der Waals surface area contributed by atoms with Crippen molar-refractivity contribution in [2.24, 2.45) is 10.9 Å². The molecule has 0 bridgehead atoms. The number of nitrogens with zero attached hydrogens (tertiary/aromatic N) is 3. The maximum absolute atomic E-state index is 8.53. The molecule has 0 aromatic carbocycles. The van der Waals surface area contributed by atoms with Gasteiger partial charge in [-0.15, -0.1) is 0 Å². The molecule has 1 atom stereocenters. The molecular formula is C11H18N4O2. The Morgan fingerprint density at radius 1 is 1.71 bits per heavy atom. The van der Waals surface area contributed by atoms with Gasteiger partial charge in [-0.2, -0.15) is 0 Å². The van der Waals surface area contributed by atoms with Gasteiger partial charge in [-0.3, -0.25) is 0 Å². The molecular weight excluding hydrogens is 220 g/mol. The summed E-state index contributed by atoms with van der Waals surface area (Å²) >= 11 is 0. The van der Waals surface area contributed by atoms with Gasteiger partial charge in [0.1, 0.15) is 5.84 Å². The lowest BCUT2D eigenvalue weighted by Gasteiger charge is -2.26. The van der Waals surface area contributed by atoms with E-state index in [9.17, 15) is 0 Å². The van der Waals surface area contributed by atoms with Crippen molar-refractivity contribution in [3.63, 3.8) is 0 Å². The number of nitrogens with two attached hydrogens (primary N) is 1. The fraction of sp³-hybridized carbons (Fsp3) is 0.455. The zero-order valence-electron chi connectivity index (χ0n) is 10.3. The molecule has 0 radical (unpaired) electrons. The van der Waals surface area contributed by atoms with E-state index in [4.69, 9.17) is 15.7 Å². The van der Waals surface area contributed by atoms with Crippen LogP contribution in [0.2, 0.25) is 0 Å². The molecule has 1 heterocycles. The first-order valence-electron chi connectivity index (χ1n) is 5.27. The number of oxime groups is 1. The molecule has 0 fully saturated rings. The van der Waals surface area contributed by atoms with Crippen molar-refractivity contribution in [1.82, 2.24) is 4.98 Å². The molecule has 94 valence electrons. The Labute approximate surface area is 101 Å². The second-order valence-electron chi connectivity index (χ2n) is 3.81. The van der Waals surface area contributed by atoms with Crippen LogP contribution < -0.4 is 15.4 Å². The average molecular weight is 238 g/mol. The summed E-state index contributed by atoms with van der Waals surface area (Å²) < 4.78 is 5.06. The van der Waals surface area contributed by atoms with Crippen molar-refractivity contribution in [3.8, 4) is 5.88 Å². The van der Waals surface area contributed by atoms with Gasteiger partial charge in [-0.25, -0.2) is 4.98 Å². The van der Waals surface area contributed by atoms with E-state index in [-0.39, 0.29) is 11.9 Å². The van der Waals surface area contributed by atoms with Crippen LogP contribution in [0.15, 0.2) is 23.5 Å². The van der Waals surface area contributed by atoms with Crippen LogP contribution in [0.4, 0.5) is 5.69 Å². The van der Waals surface area contributed by atoms with Crippen LogP contribution >= 0.6 is 0 Å². The molecule has 0 amide bonds. The van der Waals surface area contributed by atoms with Gasteiger partial charge in [-0.05, 0) is 13.0 Å². The number of hydrogen-bond acceptors (Lipinski definition) is 5. The van der Waals surface area contributed by atoms with E-state index < -0.39 is 0 Å². The topological polar surface area (TPSA) is 84.0 Å². The van der Waals surface area contributed by atoms with E-state index in [1.165, 1.54) is 0 Å². The number of pyridine rings is 1. The van der Waals surface area contributed by atoms with Crippen molar-refractivity contribution in [2.75, 3.05) is 19.1 Å². The number of anilines is 1. The summed E-state index contributed by atoms with van der Waals surface area (Å²) in [6.07, 6.45) is 2.17. The largest absolute Gasteiger partial charge is 0.481 e. The molecule has 0 spiro atoms. The molecule has 1 rings (SSSR count). The summed E-state index contributed by atoms with van der Waals surface area (Å²) in [6.45, 7) is 1.99. The van der Waals surface area contributed by atoms with Gasteiger partial charge in [0.05, 0.1) is 7.11 Å². The van der Waals surface area contributed by atoms with Crippen molar-refractivity contribution >= 4 is 11.5 Å². The van der Waals surface area contributed by atoms with E-state index in [1.54, 1.807) is 13.3 Å². The first-order valence-corrected chi connectivity index (χ1v) is 5.27. The third-order valence-electron chi connectivity index (χ3n) is 2.63. The molecule has 3 N–H and O–H groups in total. The molecule has 0 saturated heterocycles. The molecule has 0 aliphatic carbocycles. The van der Waals surface area contributed by atoms with Gasteiger partial charge >= 0.3 is 0 Å². The quantitative estimate of drug-likeness (QED) is 0.347. The van der Waals surface area contributed by atoms with E-state index in [2.05, 4.69) is 10.1 Å². The lowest BCUT2D eigenvalue weighted by atomic mass is 10.2. The van der Waals surface area contributed by atoms with Crippen LogP contribution in [0.25, 0.3) is 0 Å². The van der Waals surface area contributed by atoms with Crippen LogP contribution in [-0.4, -0.2) is 36.2 Å². The van der Waals surface area contributed by atoms with Gasteiger partial charge in [0.25, 0.3) is 0 Å². The minimum atomic E-state index is 0.109. The Morgan fingerprint density at radius 2 is 2.41 bits per heavy atom. The number of methoxy groups -OCH3 is 1. The van der Waals surface area contributed by atoms with E-state index in [0.717, 1.165) is 5.69 Å². The molecule has 17 heavy (non-hydrogen) atoms. The van der Waals surface area contributed by atoms with Crippen LogP contribution in [-0.2, 0) is 0 Å². The Bertz CT molecular complexity index is 395. The summed E-state index contributed by atoms with van der Waals surface area (Å²) in [7, 11) is 3.51. The summed E-state index contributed by atoms with van der Waals surface area (Å²) in [5.41, 5.74) is 6.45. The highest BCUT2D eigenvalue weighted by Gasteiger charge is 2.12. The lowest BCUT2D eigenvalue weighted by molar-refractivity contribution is 0.316. The molecule has 1 aromatic heterocycles. The van der Waals surface area contributed by atoms with Gasteiger partial charge in [0, 0.05) is 37.5 Å². The van der Waals surface area contributed by atoms with E-state index in [0.29, 0.717) is 12.3 Å². The second kappa shape index (κ2) is 5.93. The Morgan fingerprint density at radius 3 is 3.00 bits per heavy atom. The minimum Gasteiger partial charge on any atom is -0.481 e. The monoisotopic (exact) mass is 238 g/mol. The molecule has 1 aromatic rings. The van der Waals surface area contributed by atoms with Crippen LogP contribution in [0.3, 0.4) is 0 Å². The maximum atomic E-state index is 8.53. The maximum Gasteiger partial charge on any atom is 0.214 e. The SMILES string of the molecule is COc1cc(N(C)C(C)C/C(N)=N/O)ccn1. The lowest BCUT2D eigenvalue weighted by Crippen LogP contribution is -2.33. The summed E-state index contributed by atoms with van der Waals surface area (Å²) in [6, 6.07) is 3.83. The number of aromatic nitrogens is 1. The second-order valence-corrected chi connectivity index (χ2v) is 3.81. The summed E-state index contributed by atoms with van der Waals surface area (Å²) in [5, 5.41) is 11.5. The molecule has 0 aliphatic heterocycles. The van der Waals surface area contributed by atoms with Gasteiger partial charge in [0.15, 0.2) is 0 Å². The number of amidine groups is 1. The van der Waals surface area contributed by atoms with Gasteiger partial charge < -0.3 is 20.6 Å². The van der Waals surface area contributed by atoms with Gasteiger partial charge in [-0.1, -0.05) is 5.16 Å². The normalized spacial score (nSPS) is 13.2. The van der Waals surface area contributed by atoms with Crippen LogP contribution in [0.5, 0.6) is 5.88 Å². The Hall–Kier alpha value is -1.98. The summed E-state index contributed by atoms with van der Waals surface area (Å²) in [5.74, 6) is 0.774. The van der Waals surface area contributed by atoms with Crippen LogP contribution in [0.1, 0.15) is 13.3 Å². The van der Waals surface area contributed by atoms with E-state index >= 15 is 0 Å². The highest BCUT2D eigenvalue weighted by molar-refractivity contribution is 5.80. The number of ether oxygens (including phenoxy) is 1. The third kappa shape index (κ3) is 3.51. The molecule has 6 nitrogen and oxygen atoms in total. The van der Waals surface area contributed by atoms with Gasteiger partial charge in [0.2, 0.25) is 5.88 Å². The highest BCUT2D eigenvalue weighted by atomic mass is 16.5. The fourth-order valence-electron chi connectivity index (χ4n) is 1.46. The zero-order chi connectivity index (χ0) is 12.8. The molecule has 0 saturated carbocycles. The summed E-state index contributed by atoms with van der Waals surface area (Å²) in [4.78, 5) is 6.06. The van der Waals surface area contributed by atoms with Crippen molar-refractivity contribution in [2.45, 2.75) is 19.4 Å². The predicted octanol–water partition coefficient (Wildman–Crippen LogP) is 1.05. The molecule has 1 unspecified atom stereocenters. The molecule has 6 heteroatoms. The smallest absolute Gasteiger partial charge is 0.214 e. The first-order chi connectivity index (χ1) is 8.08. The Kier molecular flexibility index (Phi) is 4.56. The predicted molar refractivity (Wildman–Crippen MR) is 66.7 cm³/mol. The van der Waals surface area contributed by atoms with Crippen LogP contribution in [0, 0.1) is 0 Å². The third-order valence-corrected chi connectivity index (χ3v) is 2.63. The van der Waals surface area contributed by atoms with Crippen molar-refractivity contribution < 1.29 is 9.94 Å². The molecule has 0 aliphatic rings. The number of hydrogen-bond donors (Lipinski definition) is 2. The van der Waals surface area contributed by atoms with Crippen molar-refractivity contribution in [1.29, 1.82) is 0 Å². The minimum absolute atomic E-state index is 0.109. The number of rotatable bonds is 5. The zero-order valence-corrected chi connectivity index (χ0v) is 10.3.